The fraction of sp³-hybridized carbons (Fsp3) is 0.333. The number of Topliss-reactive ketones (excluding diaryl/α,β-unsaturated/α-hetero) is 1. The van der Waals surface area contributed by atoms with E-state index in [9.17, 15) is 24.3 Å². The molecule has 12 heteroatoms. The first-order chi connectivity index (χ1) is 29.1. The van der Waals surface area contributed by atoms with Crippen LogP contribution in [0.5, 0.6) is 5.75 Å². The first-order valence-electron chi connectivity index (χ1n) is 20.8. The zero-order chi connectivity index (χ0) is 41.9. The van der Waals surface area contributed by atoms with E-state index in [-0.39, 0.29) is 74.7 Å². The summed E-state index contributed by atoms with van der Waals surface area (Å²) in [6.45, 7) is 8.42. The summed E-state index contributed by atoms with van der Waals surface area (Å²) in [5, 5.41) is 14.2. The third kappa shape index (κ3) is 8.43. The number of para-hydroxylation sites is 1. The van der Waals surface area contributed by atoms with Gasteiger partial charge in [0.1, 0.15) is 18.0 Å². The van der Waals surface area contributed by atoms with Gasteiger partial charge in [0.05, 0.1) is 18.6 Å². The average molecular weight is 808 g/mol. The van der Waals surface area contributed by atoms with Crippen LogP contribution in [0.1, 0.15) is 39.0 Å². The van der Waals surface area contributed by atoms with Crippen molar-refractivity contribution in [1.29, 1.82) is 0 Å². The molecule has 3 aliphatic heterocycles. The third-order valence-electron chi connectivity index (χ3n) is 12.2. The molecular weight excluding hydrogens is 755 g/mol. The molecular formula is C48H53N7O5. The number of phenolic OH excluding ortho intramolecular Hbond substituents is 1. The monoisotopic (exact) mass is 807 g/mol. The number of aromatic nitrogens is 1. The summed E-state index contributed by atoms with van der Waals surface area (Å²) in [6, 6.07) is 29.7. The van der Waals surface area contributed by atoms with Crippen molar-refractivity contribution in [2.75, 3.05) is 57.8 Å². The Hall–Kier alpha value is -6.24. The summed E-state index contributed by atoms with van der Waals surface area (Å²) in [7, 11) is 4.06. The Kier molecular flexibility index (Phi) is 11.9. The topological polar surface area (TPSA) is 113 Å². The van der Waals surface area contributed by atoms with Gasteiger partial charge in [-0.25, -0.2) is 10.0 Å². The standard InChI is InChI=1S/C48H53N7O5/c1-4-23-53-33-46(59)54-42(28-35-15-20-39(56)21-16-35)48(60)52(32-44(54)55(53)45(58)22-17-34-9-6-5-7-10-34)30-37-11-8-12-40-41(31-50(3)47(37)40)43(57)29-36-13-18-38(19-14-36)51-26-24-49(2)25-27-51/h4-16,18-21,31,42,44,56H,1,17,22-30,32-33H2,2-3H3/t42-,44?/m0/s1. The minimum Gasteiger partial charge on any atom is -0.508 e. The molecule has 5 aromatic rings. The number of ketones is 1. The molecule has 12 nitrogen and oxygen atoms in total. The van der Waals surface area contributed by atoms with E-state index in [2.05, 4.69) is 35.6 Å². The molecule has 8 rings (SSSR count). The number of amides is 3. The molecule has 3 amide bonds. The van der Waals surface area contributed by atoms with Crippen LogP contribution in [-0.2, 0) is 47.2 Å². The summed E-state index contributed by atoms with van der Waals surface area (Å²) >= 11 is 0. The van der Waals surface area contributed by atoms with Crippen molar-refractivity contribution in [3.8, 4) is 5.75 Å². The lowest BCUT2D eigenvalue weighted by Gasteiger charge is -2.55. The van der Waals surface area contributed by atoms with E-state index in [4.69, 9.17) is 0 Å². The number of phenols is 1. The molecule has 1 unspecified atom stereocenters. The van der Waals surface area contributed by atoms with Crippen molar-refractivity contribution in [3.05, 3.63) is 144 Å². The van der Waals surface area contributed by atoms with Crippen LogP contribution >= 0.6 is 0 Å². The van der Waals surface area contributed by atoms with Crippen LogP contribution in [0.4, 0.5) is 5.69 Å². The number of hydrazine groups is 1. The van der Waals surface area contributed by atoms with Gasteiger partial charge in [-0.2, -0.15) is 0 Å². The van der Waals surface area contributed by atoms with E-state index in [1.165, 1.54) is 5.69 Å². The molecule has 3 aliphatic rings. The van der Waals surface area contributed by atoms with E-state index >= 15 is 0 Å². The van der Waals surface area contributed by atoms with Gasteiger partial charge in [-0.05, 0) is 60.0 Å². The maximum atomic E-state index is 14.8. The fourth-order valence-corrected chi connectivity index (χ4v) is 9.05. The van der Waals surface area contributed by atoms with E-state index in [0.29, 0.717) is 12.0 Å². The molecule has 0 saturated carbocycles. The number of nitrogens with zero attached hydrogens (tertiary/aromatic N) is 7. The zero-order valence-electron chi connectivity index (χ0n) is 34.5. The Morgan fingerprint density at radius 1 is 0.833 bits per heavy atom. The maximum absolute atomic E-state index is 14.8. The van der Waals surface area contributed by atoms with Gasteiger partial charge in [0, 0.05) is 88.4 Å². The number of rotatable bonds is 13. The molecule has 1 aromatic heterocycles. The lowest BCUT2D eigenvalue weighted by molar-refractivity contribution is -0.205. The van der Waals surface area contributed by atoms with Crippen molar-refractivity contribution in [2.45, 2.75) is 44.4 Å². The highest BCUT2D eigenvalue weighted by atomic mass is 16.3. The average Bonchev–Trinajstić information content (AvgIpc) is 3.60. The Balaban J connectivity index is 1.08. The number of fused-ring (bicyclic) bond motifs is 2. The number of likely N-dealkylation sites (N-methyl/N-ethyl adjacent to an activating group) is 1. The second kappa shape index (κ2) is 17.5. The Morgan fingerprint density at radius 3 is 2.27 bits per heavy atom. The van der Waals surface area contributed by atoms with Crippen LogP contribution in [0.2, 0.25) is 0 Å². The molecule has 0 radical (unpaired) electrons. The predicted molar refractivity (Wildman–Crippen MR) is 232 cm³/mol. The van der Waals surface area contributed by atoms with Gasteiger partial charge in [-0.3, -0.25) is 19.2 Å². The van der Waals surface area contributed by atoms with Gasteiger partial charge >= 0.3 is 0 Å². The van der Waals surface area contributed by atoms with Crippen LogP contribution in [0, 0.1) is 0 Å². The fourth-order valence-electron chi connectivity index (χ4n) is 9.05. The minimum atomic E-state index is -0.900. The molecule has 1 N–H and O–H groups in total. The highest BCUT2D eigenvalue weighted by molar-refractivity contribution is 6.09. The van der Waals surface area contributed by atoms with E-state index in [1.807, 2.05) is 78.5 Å². The molecule has 0 bridgehead atoms. The summed E-state index contributed by atoms with van der Waals surface area (Å²) < 4.78 is 1.96. The SMILES string of the molecule is C=CCN1CC(=O)N2C(CN(Cc3cccc4c(C(=O)Cc5ccc(N6CCN(C)CC6)cc5)cn(C)c34)C(=O)[C@@H]2Cc2ccc(O)cc2)N1C(=O)CCc1ccccc1. The van der Waals surface area contributed by atoms with Gasteiger partial charge in [-0.1, -0.05) is 78.9 Å². The smallest absolute Gasteiger partial charge is 0.246 e. The highest BCUT2D eigenvalue weighted by Gasteiger charge is 2.51. The van der Waals surface area contributed by atoms with Crippen molar-refractivity contribution in [3.63, 3.8) is 0 Å². The number of carbonyl (C=O) groups is 4. The number of hydrogen-bond donors (Lipinski definition) is 1. The first kappa shape index (κ1) is 40.5. The lowest BCUT2D eigenvalue weighted by atomic mass is 9.97. The van der Waals surface area contributed by atoms with Crippen LogP contribution in [0.25, 0.3) is 10.9 Å². The lowest BCUT2D eigenvalue weighted by Crippen LogP contribution is -2.75. The molecule has 2 atom stereocenters. The second-order valence-corrected chi connectivity index (χ2v) is 16.3. The minimum absolute atomic E-state index is 0.0106. The molecule has 4 aromatic carbocycles. The first-order valence-corrected chi connectivity index (χ1v) is 20.8. The number of benzene rings is 4. The summed E-state index contributed by atoms with van der Waals surface area (Å²) in [4.78, 5) is 65.2. The largest absolute Gasteiger partial charge is 0.508 e. The molecule has 60 heavy (non-hydrogen) atoms. The number of carbonyl (C=O) groups excluding carboxylic acids is 4. The van der Waals surface area contributed by atoms with Crippen LogP contribution in [0.15, 0.2) is 116 Å². The van der Waals surface area contributed by atoms with Crippen molar-refractivity contribution < 1.29 is 24.3 Å². The molecule has 0 aliphatic carbocycles. The predicted octanol–water partition coefficient (Wildman–Crippen LogP) is 5.05. The van der Waals surface area contributed by atoms with Crippen molar-refractivity contribution >= 4 is 40.1 Å². The van der Waals surface area contributed by atoms with Crippen LogP contribution in [0.3, 0.4) is 0 Å². The molecule has 4 heterocycles. The van der Waals surface area contributed by atoms with Crippen molar-refractivity contribution in [1.82, 2.24) is 29.3 Å². The summed E-state index contributed by atoms with van der Waals surface area (Å²) in [5.41, 5.74) is 6.24. The van der Waals surface area contributed by atoms with Gasteiger partial charge in [0.25, 0.3) is 0 Å². The van der Waals surface area contributed by atoms with Crippen LogP contribution in [-0.4, -0.2) is 123 Å². The number of hydrogen-bond acceptors (Lipinski definition) is 8. The third-order valence-corrected chi connectivity index (χ3v) is 12.2. The Morgan fingerprint density at radius 2 is 1.55 bits per heavy atom. The zero-order valence-corrected chi connectivity index (χ0v) is 34.5. The highest BCUT2D eigenvalue weighted by Crippen LogP contribution is 2.33. The number of anilines is 1. The Labute approximate surface area is 351 Å². The number of piperazine rings is 2. The van der Waals surface area contributed by atoms with Gasteiger partial charge in [0.15, 0.2) is 5.78 Å². The van der Waals surface area contributed by atoms with Crippen molar-refractivity contribution in [2.24, 2.45) is 7.05 Å². The molecule has 3 fully saturated rings. The summed E-state index contributed by atoms with van der Waals surface area (Å²) in [6.07, 6.45) is 4.00. The maximum Gasteiger partial charge on any atom is 0.246 e. The summed E-state index contributed by atoms with van der Waals surface area (Å²) in [5.74, 6) is -0.513. The van der Waals surface area contributed by atoms with Gasteiger partial charge in [0.2, 0.25) is 17.7 Å². The molecule has 3 saturated heterocycles. The van der Waals surface area contributed by atoms with E-state index < -0.39 is 12.2 Å². The van der Waals surface area contributed by atoms with Gasteiger partial charge < -0.3 is 29.3 Å². The van der Waals surface area contributed by atoms with E-state index in [0.717, 1.165) is 59.3 Å². The van der Waals surface area contributed by atoms with Crippen LogP contribution < -0.4 is 4.90 Å². The number of aromatic hydroxyl groups is 1. The van der Waals surface area contributed by atoms with Gasteiger partial charge in [-0.15, -0.1) is 6.58 Å². The second-order valence-electron chi connectivity index (χ2n) is 16.3. The molecule has 0 spiro atoms. The van der Waals surface area contributed by atoms with E-state index in [1.54, 1.807) is 50.2 Å². The quantitative estimate of drug-likeness (QED) is 0.130. The Bertz CT molecular complexity index is 2370. The number of aryl methyl sites for hydroxylation is 2. The molecule has 310 valence electrons. The normalized spacial score (nSPS) is 18.9.